The summed E-state index contributed by atoms with van der Waals surface area (Å²) in [6.07, 6.45) is 0.770. The van der Waals surface area contributed by atoms with Gasteiger partial charge < -0.3 is 15.9 Å². The molecule has 80 valence electrons. The summed E-state index contributed by atoms with van der Waals surface area (Å²) in [6.45, 7) is 4.44. The van der Waals surface area contributed by atoms with Gasteiger partial charge >= 0.3 is 0 Å². The van der Waals surface area contributed by atoms with E-state index in [4.69, 9.17) is 15.9 Å². The van der Waals surface area contributed by atoms with Crippen LogP contribution >= 0.6 is 11.8 Å². The summed E-state index contributed by atoms with van der Waals surface area (Å²) in [6, 6.07) is 0.0358. The molecule has 13 heavy (non-hydrogen) atoms. The summed E-state index contributed by atoms with van der Waals surface area (Å²) in [5.74, 6) is 1.25. The second kappa shape index (κ2) is 7.62. The molecule has 0 fully saturated rings. The Hall–Kier alpha value is 0.230. The van der Waals surface area contributed by atoms with E-state index >= 15 is 0 Å². The molecule has 0 spiro atoms. The molecule has 0 aromatic heterocycles. The van der Waals surface area contributed by atoms with Gasteiger partial charge in [-0.3, -0.25) is 0 Å². The Kier molecular flexibility index (Phi) is 7.75. The lowest BCUT2D eigenvalue weighted by Gasteiger charge is -2.24. The first-order valence-corrected chi connectivity index (χ1v) is 5.77. The smallest absolute Gasteiger partial charge is 0.0565 e. The van der Waals surface area contributed by atoms with Gasteiger partial charge in [0.15, 0.2) is 0 Å². The second-order valence-electron chi connectivity index (χ2n) is 3.49. The summed E-state index contributed by atoms with van der Waals surface area (Å²) in [7, 11) is 0. The summed E-state index contributed by atoms with van der Waals surface area (Å²) >= 11 is 1.65. The van der Waals surface area contributed by atoms with E-state index in [-0.39, 0.29) is 24.5 Å². The minimum Gasteiger partial charge on any atom is -0.396 e. The molecule has 0 saturated heterocycles. The molecule has 3 nitrogen and oxygen atoms in total. The first-order chi connectivity index (χ1) is 6.13. The SMILES string of the molecule is CC(C)C(N)C(CO)SCCCO. The van der Waals surface area contributed by atoms with Crippen molar-refractivity contribution in [1.29, 1.82) is 0 Å². The van der Waals surface area contributed by atoms with Crippen LogP contribution in [0.2, 0.25) is 0 Å². The van der Waals surface area contributed by atoms with E-state index in [2.05, 4.69) is 13.8 Å². The Morgan fingerprint density at radius 2 is 1.92 bits per heavy atom. The maximum atomic E-state index is 9.08. The minimum atomic E-state index is 0.0358. The highest BCUT2D eigenvalue weighted by molar-refractivity contribution is 7.99. The highest BCUT2D eigenvalue weighted by atomic mass is 32.2. The normalized spacial score (nSPS) is 16.2. The molecule has 0 bridgehead atoms. The highest BCUT2D eigenvalue weighted by Gasteiger charge is 2.19. The van der Waals surface area contributed by atoms with Crippen molar-refractivity contribution in [2.75, 3.05) is 19.0 Å². The summed E-state index contributed by atoms with van der Waals surface area (Å²) in [4.78, 5) is 0. The third kappa shape index (κ3) is 5.52. The molecule has 2 unspecified atom stereocenters. The van der Waals surface area contributed by atoms with Crippen LogP contribution in [0.25, 0.3) is 0 Å². The van der Waals surface area contributed by atoms with E-state index in [9.17, 15) is 0 Å². The van der Waals surface area contributed by atoms with Crippen LogP contribution in [0.15, 0.2) is 0 Å². The lowest BCUT2D eigenvalue weighted by Crippen LogP contribution is -2.39. The maximum absolute atomic E-state index is 9.08. The van der Waals surface area contributed by atoms with Gasteiger partial charge in [-0.25, -0.2) is 0 Å². The van der Waals surface area contributed by atoms with Crippen LogP contribution in [-0.2, 0) is 0 Å². The highest BCUT2D eigenvalue weighted by Crippen LogP contribution is 2.18. The van der Waals surface area contributed by atoms with Gasteiger partial charge in [0.1, 0.15) is 0 Å². The molecule has 0 rings (SSSR count). The summed E-state index contributed by atoms with van der Waals surface area (Å²) in [5.41, 5.74) is 5.91. The Morgan fingerprint density at radius 1 is 1.31 bits per heavy atom. The van der Waals surface area contributed by atoms with E-state index in [0.29, 0.717) is 5.92 Å². The first-order valence-electron chi connectivity index (χ1n) is 4.72. The molecule has 0 aliphatic rings. The van der Waals surface area contributed by atoms with Gasteiger partial charge in [-0.05, 0) is 18.1 Å². The molecule has 0 aromatic rings. The predicted octanol–water partition coefficient (Wildman–Crippen LogP) is 0.446. The lowest BCUT2D eigenvalue weighted by molar-refractivity contribution is 0.268. The van der Waals surface area contributed by atoms with Crippen molar-refractivity contribution in [3.63, 3.8) is 0 Å². The molecule has 0 aliphatic carbocycles. The Bertz CT molecular complexity index is 122. The van der Waals surface area contributed by atoms with Crippen molar-refractivity contribution in [3.8, 4) is 0 Å². The maximum Gasteiger partial charge on any atom is 0.0565 e. The van der Waals surface area contributed by atoms with E-state index in [1.807, 2.05) is 0 Å². The first kappa shape index (κ1) is 13.2. The van der Waals surface area contributed by atoms with Crippen LogP contribution < -0.4 is 5.73 Å². The molecule has 0 heterocycles. The average molecular weight is 207 g/mol. The van der Waals surface area contributed by atoms with E-state index in [1.54, 1.807) is 11.8 Å². The van der Waals surface area contributed by atoms with Crippen LogP contribution in [0, 0.1) is 5.92 Å². The van der Waals surface area contributed by atoms with Crippen molar-refractivity contribution < 1.29 is 10.2 Å². The largest absolute Gasteiger partial charge is 0.396 e. The number of hydrogen-bond acceptors (Lipinski definition) is 4. The van der Waals surface area contributed by atoms with Gasteiger partial charge in [0, 0.05) is 17.9 Å². The van der Waals surface area contributed by atoms with Crippen molar-refractivity contribution in [2.24, 2.45) is 11.7 Å². The van der Waals surface area contributed by atoms with Gasteiger partial charge in [0.25, 0.3) is 0 Å². The molecule has 4 heteroatoms. The number of aliphatic hydroxyl groups is 2. The van der Waals surface area contributed by atoms with Gasteiger partial charge in [0.05, 0.1) is 6.61 Å². The van der Waals surface area contributed by atoms with Gasteiger partial charge in [-0.2, -0.15) is 11.8 Å². The minimum absolute atomic E-state index is 0.0358. The number of hydrogen-bond donors (Lipinski definition) is 3. The summed E-state index contributed by atoms with van der Waals surface area (Å²) < 4.78 is 0. The molecule has 0 aromatic carbocycles. The number of aliphatic hydroxyl groups excluding tert-OH is 2. The zero-order valence-corrected chi connectivity index (χ0v) is 9.26. The van der Waals surface area contributed by atoms with Gasteiger partial charge in [-0.15, -0.1) is 0 Å². The number of rotatable bonds is 7. The standard InChI is InChI=1S/C9H21NO2S/c1-7(2)9(10)8(6-12)13-5-3-4-11/h7-9,11-12H,3-6,10H2,1-2H3. The monoisotopic (exact) mass is 207 g/mol. The van der Waals surface area contributed by atoms with Crippen LogP contribution in [0.1, 0.15) is 20.3 Å². The fourth-order valence-corrected chi connectivity index (χ4v) is 2.25. The van der Waals surface area contributed by atoms with Crippen molar-refractivity contribution in [2.45, 2.75) is 31.6 Å². The molecule has 4 N–H and O–H groups in total. The fraction of sp³-hybridized carbons (Fsp3) is 1.00. The lowest BCUT2D eigenvalue weighted by atomic mass is 10.0. The third-order valence-electron chi connectivity index (χ3n) is 2.01. The Labute approximate surface area is 84.7 Å². The fourth-order valence-electron chi connectivity index (χ4n) is 1.01. The van der Waals surface area contributed by atoms with E-state index in [1.165, 1.54) is 0 Å². The van der Waals surface area contributed by atoms with Crippen LogP contribution in [0.3, 0.4) is 0 Å². The molecule has 0 saturated carbocycles. The van der Waals surface area contributed by atoms with E-state index in [0.717, 1.165) is 12.2 Å². The number of nitrogens with two attached hydrogens (primary N) is 1. The third-order valence-corrected chi connectivity index (χ3v) is 3.43. The quantitative estimate of drug-likeness (QED) is 0.530. The van der Waals surface area contributed by atoms with Crippen LogP contribution in [0.5, 0.6) is 0 Å². The van der Waals surface area contributed by atoms with Gasteiger partial charge in [0.2, 0.25) is 0 Å². The predicted molar refractivity (Wildman–Crippen MR) is 57.8 cm³/mol. The van der Waals surface area contributed by atoms with E-state index < -0.39 is 0 Å². The molecule has 2 atom stereocenters. The van der Waals surface area contributed by atoms with Crippen LogP contribution in [-0.4, -0.2) is 40.5 Å². The Morgan fingerprint density at radius 3 is 2.31 bits per heavy atom. The molecule has 0 radical (unpaired) electrons. The average Bonchev–Trinajstić information content (AvgIpc) is 2.11. The second-order valence-corrected chi connectivity index (χ2v) is 4.84. The van der Waals surface area contributed by atoms with Crippen LogP contribution in [0.4, 0.5) is 0 Å². The van der Waals surface area contributed by atoms with Crippen molar-refractivity contribution in [1.82, 2.24) is 0 Å². The zero-order chi connectivity index (χ0) is 10.3. The van der Waals surface area contributed by atoms with Crippen molar-refractivity contribution in [3.05, 3.63) is 0 Å². The topological polar surface area (TPSA) is 66.5 Å². The molecular weight excluding hydrogens is 186 g/mol. The van der Waals surface area contributed by atoms with Gasteiger partial charge in [-0.1, -0.05) is 13.8 Å². The zero-order valence-electron chi connectivity index (χ0n) is 8.44. The molecule has 0 aliphatic heterocycles. The number of thioether (sulfide) groups is 1. The van der Waals surface area contributed by atoms with Crippen molar-refractivity contribution >= 4 is 11.8 Å². The molecule has 0 amide bonds. The molecular formula is C9H21NO2S. The Balaban J connectivity index is 3.73. The summed E-state index contributed by atoms with van der Waals surface area (Å²) in [5, 5.41) is 17.8.